The highest BCUT2D eigenvalue weighted by Gasteiger charge is 2.16. The van der Waals surface area contributed by atoms with Gasteiger partial charge in [0.25, 0.3) is 0 Å². The molecule has 0 aliphatic heterocycles. The number of thiazole rings is 1. The highest BCUT2D eigenvalue weighted by atomic mass is 35.5. The van der Waals surface area contributed by atoms with E-state index in [1.807, 2.05) is 6.07 Å². The van der Waals surface area contributed by atoms with Gasteiger partial charge < -0.3 is 13.7 Å². The van der Waals surface area contributed by atoms with Crippen molar-refractivity contribution in [1.29, 1.82) is 0 Å². The molecule has 7 nitrogen and oxygen atoms in total. The standard InChI is InChI=1S/C21H15ClN2O5S/c1-2-28-18(26)11-24-19-13(22)7-5-9-17(19)30-21(24)23-20(27)16-10-14(25)12-6-3-4-8-15(12)29-16/h3-10H,2,11H2,1H3. The van der Waals surface area contributed by atoms with Gasteiger partial charge in [-0.3, -0.25) is 14.4 Å². The van der Waals surface area contributed by atoms with E-state index >= 15 is 0 Å². The molecule has 0 saturated carbocycles. The van der Waals surface area contributed by atoms with E-state index in [1.54, 1.807) is 43.3 Å². The predicted molar refractivity (Wildman–Crippen MR) is 114 cm³/mol. The summed E-state index contributed by atoms with van der Waals surface area (Å²) in [5.74, 6) is -1.41. The van der Waals surface area contributed by atoms with Crippen molar-refractivity contribution in [3.63, 3.8) is 0 Å². The molecule has 4 rings (SSSR count). The molecule has 0 atom stereocenters. The summed E-state index contributed by atoms with van der Waals surface area (Å²) < 4.78 is 12.9. The van der Waals surface area contributed by atoms with Gasteiger partial charge >= 0.3 is 11.9 Å². The highest BCUT2D eigenvalue weighted by Crippen LogP contribution is 2.25. The monoisotopic (exact) mass is 442 g/mol. The van der Waals surface area contributed by atoms with Crippen molar-refractivity contribution in [3.8, 4) is 0 Å². The SMILES string of the molecule is CCOC(=O)Cn1c(=NC(=O)c2cc(=O)c3ccccc3o2)sc2cccc(Cl)c21. The first-order chi connectivity index (χ1) is 14.5. The number of nitrogens with zero attached hydrogens (tertiary/aromatic N) is 2. The van der Waals surface area contributed by atoms with Gasteiger partial charge in [0, 0.05) is 6.07 Å². The third-order valence-electron chi connectivity index (χ3n) is 4.29. The first kappa shape index (κ1) is 20.1. The van der Waals surface area contributed by atoms with Crippen molar-refractivity contribution in [2.24, 2.45) is 4.99 Å². The lowest BCUT2D eigenvalue weighted by atomic mass is 10.2. The van der Waals surface area contributed by atoms with Gasteiger partial charge in [0.05, 0.1) is 27.2 Å². The van der Waals surface area contributed by atoms with E-state index in [-0.39, 0.29) is 29.1 Å². The van der Waals surface area contributed by atoms with Crippen LogP contribution in [0, 0.1) is 0 Å². The van der Waals surface area contributed by atoms with E-state index in [0.29, 0.717) is 21.5 Å². The number of halogens is 1. The summed E-state index contributed by atoms with van der Waals surface area (Å²) in [5, 5.41) is 0.791. The molecule has 2 aromatic carbocycles. The number of fused-ring (bicyclic) bond motifs is 2. The molecule has 0 fully saturated rings. The Labute approximate surface area is 178 Å². The fourth-order valence-corrected chi connectivity index (χ4v) is 4.39. The zero-order valence-corrected chi connectivity index (χ0v) is 17.3. The Morgan fingerprint density at radius 3 is 2.80 bits per heavy atom. The Bertz CT molecular complexity index is 1420. The van der Waals surface area contributed by atoms with Crippen LogP contribution in [0.4, 0.5) is 0 Å². The number of carbonyl (C=O) groups is 2. The fraction of sp³-hybridized carbons (Fsp3) is 0.143. The third-order valence-corrected chi connectivity index (χ3v) is 5.64. The number of esters is 1. The first-order valence-electron chi connectivity index (χ1n) is 9.03. The van der Waals surface area contributed by atoms with Crippen LogP contribution in [-0.2, 0) is 16.1 Å². The number of hydrogen-bond acceptors (Lipinski definition) is 6. The molecule has 0 radical (unpaired) electrons. The lowest BCUT2D eigenvalue weighted by molar-refractivity contribution is -0.143. The van der Waals surface area contributed by atoms with Gasteiger partial charge in [0.15, 0.2) is 16.0 Å². The lowest BCUT2D eigenvalue weighted by Gasteiger charge is -2.06. The van der Waals surface area contributed by atoms with Gasteiger partial charge in [-0.2, -0.15) is 4.99 Å². The summed E-state index contributed by atoms with van der Waals surface area (Å²) in [7, 11) is 0. The zero-order chi connectivity index (χ0) is 21.3. The van der Waals surface area contributed by atoms with Gasteiger partial charge in [-0.15, -0.1) is 0 Å². The van der Waals surface area contributed by atoms with E-state index < -0.39 is 11.9 Å². The molecule has 30 heavy (non-hydrogen) atoms. The molecule has 152 valence electrons. The molecular formula is C21H15ClN2O5S. The summed E-state index contributed by atoms with van der Waals surface area (Å²) in [6, 6.07) is 13.0. The van der Waals surface area contributed by atoms with E-state index in [9.17, 15) is 14.4 Å². The maximum Gasteiger partial charge on any atom is 0.326 e. The summed E-state index contributed by atoms with van der Waals surface area (Å²) in [5.41, 5.74) is 0.528. The number of rotatable bonds is 4. The van der Waals surface area contributed by atoms with Crippen LogP contribution in [0.2, 0.25) is 5.02 Å². The summed E-state index contributed by atoms with van der Waals surface area (Å²) in [4.78, 5) is 41.5. The van der Waals surface area contributed by atoms with Gasteiger partial charge in [0.2, 0.25) is 0 Å². The number of ether oxygens (including phenoxy) is 1. The van der Waals surface area contributed by atoms with Crippen LogP contribution in [0.25, 0.3) is 21.2 Å². The minimum absolute atomic E-state index is 0.161. The van der Waals surface area contributed by atoms with Crippen LogP contribution in [0.1, 0.15) is 17.5 Å². The largest absolute Gasteiger partial charge is 0.465 e. The number of para-hydroxylation sites is 2. The Hall–Kier alpha value is -3.23. The topological polar surface area (TPSA) is 90.9 Å². The van der Waals surface area contributed by atoms with Crippen LogP contribution < -0.4 is 10.2 Å². The fourth-order valence-electron chi connectivity index (χ4n) is 3.01. The Kier molecular flexibility index (Phi) is 5.52. The van der Waals surface area contributed by atoms with Gasteiger partial charge in [-0.25, -0.2) is 0 Å². The number of hydrogen-bond donors (Lipinski definition) is 0. The van der Waals surface area contributed by atoms with Gasteiger partial charge in [0.1, 0.15) is 12.1 Å². The van der Waals surface area contributed by atoms with E-state index in [0.717, 1.165) is 10.8 Å². The average molecular weight is 443 g/mol. The van der Waals surface area contributed by atoms with Crippen molar-refractivity contribution in [1.82, 2.24) is 4.57 Å². The van der Waals surface area contributed by atoms with Crippen molar-refractivity contribution >= 4 is 56.0 Å². The van der Waals surface area contributed by atoms with Gasteiger partial charge in [-0.05, 0) is 31.2 Å². The van der Waals surface area contributed by atoms with Crippen LogP contribution in [0.15, 0.2) is 62.7 Å². The van der Waals surface area contributed by atoms with E-state index in [1.165, 1.54) is 15.9 Å². The highest BCUT2D eigenvalue weighted by molar-refractivity contribution is 7.16. The Morgan fingerprint density at radius 1 is 1.20 bits per heavy atom. The third kappa shape index (κ3) is 3.79. The maximum absolute atomic E-state index is 12.8. The quantitative estimate of drug-likeness (QED) is 0.449. The molecule has 0 spiro atoms. The number of benzene rings is 2. The predicted octanol–water partition coefficient (Wildman–Crippen LogP) is 3.77. The minimum atomic E-state index is -0.738. The second-order valence-corrected chi connectivity index (χ2v) is 7.67. The number of aromatic nitrogens is 1. The molecule has 2 heterocycles. The second-order valence-electron chi connectivity index (χ2n) is 6.25. The summed E-state index contributed by atoms with van der Waals surface area (Å²) in [6.45, 7) is 1.77. The molecular weight excluding hydrogens is 428 g/mol. The smallest absolute Gasteiger partial charge is 0.326 e. The average Bonchev–Trinajstić information content (AvgIpc) is 3.06. The molecule has 1 amide bonds. The second kappa shape index (κ2) is 8.25. The molecule has 0 bridgehead atoms. The van der Waals surface area contributed by atoms with E-state index in [4.69, 9.17) is 20.8 Å². The van der Waals surface area contributed by atoms with Crippen molar-refractivity contribution in [2.75, 3.05) is 6.61 Å². The van der Waals surface area contributed by atoms with E-state index in [2.05, 4.69) is 4.99 Å². The van der Waals surface area contributed by atoms with Gasteiger partial charge in [-0.1, -0.05) is 41.1 Å². The minimum Gasteiger partial charge on any atom is -0.465 e. The van der Waals surface area contributed by atoms with Crippen molar-refractivity contribution in [2.45, 2.75) is 13.5 Å². The molecule has 0 aliphatic carbocycles. The molecule has 2 aromatic heterocycles. The lowest BCUT2D eigenvalue weighted by Crippen LogP contribution is -2.23. The maximum atomic E-state index is 12.8. The summed E-state index contributed by atoms with van der Waals surface area (Å²) >= 11 is 7.52. The number of amides is 1. The molecule has 0 saturated heterocycles. The molecule has 4 aromatic rings. The van der Waals surface area contributed by atoms with Crippen LogP contribution >= 0.6 is 22.9 Å². The molecule has 9 heteroatoms. The Morgan fingerprint density at radius 2 is 2.00 bits per heavy atom. The first-order valence-corrected chi connectivity index (χ1v) is 10.2. The summed E-state index contributed by atoms with van der Waals surface area (Å²) in [6.07, 6.45) is 0. The molecule has 0 aliphatic rings. The van der Waals surface area contributed by atoms with Crippen molar-refractivity contribution in [3.05, 3.63) is 74.3 Å². The Balaban J connectivity index is 1.86. The van der Waals surface area contributed by atoms with Crippen LogP contribution in [0.3, 0.4) is 0 Å². The van der Waals surface area contributed by atoms with Crippen LogP contribution in [-0.4, -0.2) is 23.1 Å². The van der Waals surface area contributed by atoms with Crippen LogP contribution in [0.5, 0.6) is 0 Å². The molecule has 0 unspecified atom stereocenters. The van der Waals surface area contributed by atoms with Crippen molar-refractivity contribution < 1.29 is 18.7 Å². The number of carbonyl (C=O) groups excluding carboxylic acids is 2. The zero-order valence-electron chi connectivity index (χ0n) is 15.8. The normalized spacial score (nSPS) is 11.9. The molecule has 0 N–H and O–H groups in total.